The van der Waals surface area contributed by atoms with Crippen LogP contribution in [-0.2, 0) is 4.74 Å². The van der Waals surface area contributed by atoms with Crippen molar-refractivity contribution in [3.05, 3.63) is 62.2 Å². The number of methoxy groups -OCH3 is 1. The molecular formula is C14H10BrN3O5. The van der Waals surface area contributed by atoms with Gasteiger partial charge in [-0.2, -0.15) is 0 Å². The molecule has 1 aromatic carbocycles. The number of nitro groups is 1. The summed E-state index contributed by atoms with van der Waals surface area (Å²) in [5, 5.41) is 13.4. The van der Waals surface area contributed by atoms with E-state index in [4.69, 9.17) is 0 Å². The smallest absolute Gasteiger partial charge is 0.338 e. The number of nitrogens with zero attached hydrogens (tertiary/aromatic N) is 2. The summed E-state index contributed by atoms with van der Waals surface area (Å²) in [6.45, 7) is 0. The molecule has 0 radical (unpaired) electrons. The van der Waals surface area contributed by atoms with Crippen molar-refractivity contribution in [2.24, 2.45) is 0 Å². The summed E-state index contributed by atoms with van der Waals surface area (Å²) < 4.78 is 5.26. The Morgan fingerprint density at radius 1 is 1.26 bits per heavy atom. The molecule has 0 aliphatic rings. The van der Waals surface area contributed by atoms with Crippen LogP contribution in [0, 0.1) is 10.1 Å². The monoisotopic (exact) mass is 379 g/mol. The van der Waals surface area contributed by atoms with E-state index < -0.39 is 16.8 Å². The van der Waals surface area contributed by atoms with E-state index in [0.29, 0.717) is 0 Å². The second kappa shape index (κ2) is 6.97. The van der Waals surface area contributed by atoms with Crippen LogP contribution in [0.2, 0.25) is 0 Å². The van der Waals surface area contributed by atoms with E-state index in [1.807, 2.05) is 0 Å². The molecule has 1 heterocycles. The lowest BCUT2D eigenvalue weighted by Crippen LogP contribution is -2.14. The lowest BCUT2D eigenvalue weighted by molar-refractivity contribution is -0.384. The summed E-state index contributed by atoms with van der Waals surface area (Å²) in [7, 11) is 1.15. The van der Waals surface area contributed by atoms with Crippen molar-refractivity contribution >= 4 is 39.3 Å². The number of hydrogen-bond donors (Lipinski definition) is 1. The van der Waals surface area contributed by atoms with Crippen molar-refractivity contribution in [2.75, 3.05) is 12.4 Å². The van der Waals surface area contributed by atoms with Gasteiger partial charge in [0.15, 0.2) is 0 Å². The van der Waals surface area contributed by atoms with Crippen LogP contribution in [0.25, 0.3) is 0 Å². The Hall–Kier alpha value is -2.81. The number of esters is 1. The van der Waals surface area contributed by atoms with Gasteiger partial charge >= 0.3 is 5.97 Å². The predicted molar refractivity (Wildman–Crippen MR) is 84.3 cm³/mol. The Bertz CT molecular complexity index is 776. The molecule has 0 atom stereocenters. The number of non-ortho nitro benzene ring substituents is 1. The number of pyridine rings is 1. The third-order valence-electron chi connectivity index (χ3n) is 2.78. The van der Waals surface area contributed by atoms with E-state index in [-0.39, 0.29) is 22.6 Å². The average Bonchev–Trinajstić information content (AvgIpc) is 2.55. The third-order valence-corrected chi connectivity index (χ3v) is 3.25. The maximum absolute atomic E-state index is 12.2. The zero-order valence-corrected chi connectivity index (χ0v) is 13.4. The van der Waals surface area contributed by atoms with Crippen molar-refractivity contribution in [3.63, 3.8) is 0 Å². The molecule has 1 N–H and O–H groups in total. The molecule has 8 nitrogen and oxygen atoms in total. The summed E-state index contributed by atoms with van der Waals surface area (Å²) in [6, 6.07) is 6.56. The van der Waals surface area contributed by atoms with Crippen LogP contribution in [0.1, 0.15) is 20.7 Å². The number of nitro benzene ring substituents is 1. The zero-order valence-electron chi connectivity index (χ0n) is 11.8. The van der Waals surface area contributed by atoms with Crippen LogP contribution in [0.3, 0.4) is 0 Å². The lowest BCUT2D eigenvalue weighted by atomic mass is 10.1. The Labute approximate surface area is 138 Å². The Balaban J connectivity index is 2.34. The highest BCUT2D eigenvalue weighted by molar-refractivity contribution is 9.10. The SMILES string of the molecule is COC(=O)c1cc(C(=O)Nc2ccc(Br)cn2)cc([N+](=O)[O-])c1. The molecular weight excluding hydrogens is 370 g/mol. The van der Waals surface area contributed by atoms with Crippen LogP contribution in [0.5, 0.6) is 0 Å². The van der Waals surface area contributed by atoms with E-state index in [0.717, 1.165) is 23.7 Å². The van der Waals surface area contributed by atoms with Crippen LogP contribution >= 0.6 is 15.9 Å². The minimum atomic E-state index is -0.774. The first-order chi connectivity index (χ1) is 10.9. The topological polar surface area (TPSA) is 111 Å². The molecule has 1 amide bonds. The van der Waals surface area contributed by atoms with Gasteiger partial charge in [0.25, 0.3) is 11.6 Å². The average molecular weight is 380 g/mol. The van der Waals surface area contributed by atoms with Crippen LogP contribution in [-0.4, -0.2) is 28.9 Å². The number of anilines is 1. The Morgan fingerprint density at radius 3 is 2.52 bits per heavy atom. The fourth-order valence-electron chi connectivity index (χ4n) is 1.72. The molecule has 0 saturated heterocycles. The highest BCUT2D eigenvalue weighted by Crippen LogP contribution is 2.19. The van der Waals surface area contributed by atoms with Crippen molar-refractivity contribution in [3.8, 4) is 0 Å². The molecule has 0 aliphatic heterocycles. The minimum absolute atomic E-state index is 0.0516. The van der Waals surface area contributed by atoms with Gasteiger partial charge < -0.3 is 10.1 Å². The number of ether oxygens (including phenoxy) is 1. The highest BCUT2D eigenvalue weighted by Gasteiger charge is 2.18. The largest absolute Gasteiger partial charge is 0.465 e. The van der Waals surface area contributed by atoms with Gasteiger partial charge in [0.2, 0.25) is 0 Å². The molecule has 118 valence electrons. The fourth-order valence-corrected chi connectivity index (χ4v) is 1.96. The number of benzene rings is 1. The van der Waals surface area contributed by atoms with Gasteiger partial charge in [-0.05, 0) is 34.1 Å². The normalized spacial score (nSPS) is 10.0. The molecule has 2 aromatic rings. The Morgan fingerprint density at radius 2 is 1.96 bits per heavy atom. The summed E-state index contributed by atoms with van der Waals surface area (Å²) >= 11 is 3.21. The first-order valence-corrected chi connectivity index (χ1v) is 7.00. The molecule has 0 spiro atoms. The number of carbonyl (C=O) groups excluding carboxylic acids is 2. The second-order valence-corrected chi connectivity index (χ2v) is 5.25. The van der Waals surface area contributed by atoms with Crippen LogP contribution in [0.15, 0.2) is 41.0 Å². The van der Waals surface area contributed by atoms with Gasteiger partial charge in [0.1, 0.15) is 5.82 Å². The summed E-state index contributed by atoms with van der Waals surface area (Å²) in [5.41, 5.74) is -0.526. The van der Waals surface area contributed by atoms with E-state index in [2.05, 4.69) is 31.0 Å². The number of aromatic nitrogens is 1. The van der Waals surface area contributed by atoms with E-state index in [1.54, 1.807) is 12.1 Å². The van der Waals surface area contributed by atoms with E-state index in [9.17, 15) is 19.7 Å². The maximum Gasteiger partial charge on any atom is 0.338 e. The minimum Gasteiger partial charge on any atom is -0.465 e. The molecule has 0 aliphatic carbocycles. The number of rotatable bonds is 4. The Kier molecular flexibility index (Phi) is 5.02. The lowest BCUT2D eigenvalue weighted by Gasteiger charge is -2.06. The van der Waals surface area contributed by atoms with Gasteiger partial charge in [0, 0.05) is 28.4 Å². The zero-order chi connectivity index (χ0) is 17.0. The first-order valence-electron chi connectivity index (χ1n) is 6.21. The molecule has 0 bridgehead atoms. The molecule has 1 aromatic heterocycles. The quantitative estimate of drug-likeness (QED) is 0.496. The second-order valence-electron chi connectivity index (χ2n) is 4.33. The molecule has 23 heavy (non-hydrogen) atoms. The molecule has 2 rings (SSSR count). The summed E-state index contributed by atoms with van der Waals surface area (Å²) in [6.07, 6.45) is 1.49. The molecule has 0 fully saturated rings. The van der Waals surface area contributed by atoms with Gasteiger partial charge in [-0.25, -0.2) is 9.78 Å². The fraction of sp³-hybridized carbons (Fsp3) is 0.0714. The van der Waals surface area contributed by atoms with Crippen molar-refractivity contribution in [2.45, 2.75) is 0 Å². The first kappa shape index (κ1) is 16.6. The number of nitrogens with one attached hydrogen (secondary N) is 1. The van der Waals surface area contributed by atoms with Crippen molar-refractivity contribution in [1.29, 1.82) is 0 Å². The van der Waals surface area contributed by atoms with Gasteiger partial charge in [-0.15, -0.1) is 0 Å². The van der Waals surface area contributed by atoms with Crippen molar-refractivity contribution in [1.82, 2.24) is 4.98 Å². The molecule has 9 heteroatoms. The number of carbonyl (C=O) groups is 2. The molecule has 0 unspecified atom stereocenters. The third kappa shape index (κ3) is 4.10. The van der Waals surface area contributed by atoms with E-state index in [1.165, 1.54) is 12.3 Å². The summed E-state index contributed by atoms with van der Waals surface area (Å²) in [5.74, 6) is -1.14. The van der Waals surface area contributed by atoms with Crippen molar-refractivity contribution < 1.29 is 19.2 Å². The van der Waals surface area contributed by atoms with E-state index >= 15 is 0 Å². The summed E-state index contributed by atoms with van der Waals surface area (Å²) in [4.78, 5) is 38.0. The number of hydrogen-bond acceptors (Lipinski definition) is 6. The number of halogens is 1. The van der Waals surface area contributed by atoms with Gasteiger partial charge in [-0.1, -0.05) is 0 Å². The number of amides is 1. The predicted octanol–water partition coefficient (Wildman–Crippen LogP) is 2.79. The van der Waals surface area contributed by atoms with Crippen LogP contribution in [0.4, 0.5) is 11.5 Å². The maximum atomic E-state index is 12.2. The van der Waals surface area contributed by atoms with Crippen LogP contribution < -0.4 is 5.32 Å². The van der Waals surface area contributed by atoms with Gasteiger partial charge in [-0.3, -0.25) is 14.9 Å². The standard InChI is InChI=1S/C14H10BrN3O5/c1-23-14(20)9-4-8(5-11(6-9)18(21)22)13(19)17-12-3-2-10(15)7-16-12/h2-7H,1H3,(H,16,17,19). The highest BCUT2D eigenvalue weighted by atomic mass is 79.9. The van der Waals surface area contributed by atoms with Gasteiger partial charge in [0.05, 0.1) is 17.6 Å². The molecule has 0 saturated carbocycles.